The molecule has 35 heavy (non-hydrogen) atoms. The Morgan fingerprint density at radius 2 is 1.51 bits per heavy atom. The number of aliphatic carboxylic acids is 1. The first-order valence-corrected chi connectivity index (χ1v) is 12.5. The highest BCUT2D eigenvalue weighted by molar-refractivity contribution is 5.79. The second-order valence-electron chi connectivity index (χ2n) is 9.43. The summed E-state index contributed by atoms with van der Waals surface area (Å²) >= 11 is 0. The van der Waals surface area contributed by atoms with Gasteiger partial charge in [-0.15, -0.1) is 0 Å². The van der Waals surface area contributed by atoms with Crippen LogP contribution < -0.4 is 10.6 Å². The molecule has 0 radical (unpaired) electrons. The summed E-state index contributed by atoms with van der Waals surface area (Å²) in [6.07, 6.45) is 3.19. The largest absolute Gasteiger partial charge is 0.481 e. The van der Waals surface area contributed by atoms with E-state index >= 15 is 0 Å². The molecule has 1 aliphatic rings. The first-order valence-electron chi connectivity index (χ1n) is 12.5. The zero-order valence-electron chi connectivity index (χ0n) is 20.6. The predicted molar refractivity (Wildman–Crippen MR) is 135 cm³/mol. The maximum atomic E-state index is 12.2. The van der Waals surface area contributed by atoms with E-state index in [-0.39, 0.29) is 30.2 Å². The standard InChI is InChI=1S/C28H36N2O5/c1-19(2)25(17-27(32)33)30-26(31)15-5-3-4-10-16-29-28(34)35-18-24-22-13-8-6-11-20(22)21-12-7-9-14-23(21)24/h6-9,11-14,19,24-25H,3-5,10,15-18H2,1-2H3,(H,29,34)(H,30,31)(H,32,33). The van der Waals surface area contributed by atoms with Crippen molar-refractivity contribution < 1.29 is 24.2 Å². The van der Waals surface area contributed by atoms with Crippen LogP contribution in [0.4, 0.5) is 4.79 Å². The summed E-state index contributed by atoms with van der Waals surface area (Å²) < 4.78 is 5.54. The van der Waals surface area contributed by atoms with E-state index in [9.17, 15) is 14.4 Å². The number of unbranched alkanes of at least 4 members (excludes halogenated alkanes) is 3. The SMILES string of the molecule is CC(C)C(CC(=O)O)NC(=O)CCCCCCNC(=O)OCC1c2ccccc2-c2ccccc21. The second kappa shape index (κ2) is 12.9. The molecule has 0 aliphatic heterocycles. The zero-order valence-corrected chi connectivity index (χ0v) is 20.6. The summed E-state index contributed by atoms with van der Waals surface area (Å²) in [5.74, 6) is -0.904. The number of carbonyl (C=O) groups is 3. The van der Waals surface area contributed by atoms with E-state index in [1.54, 1.807) is 0 Å². The maximum absolute atomic E-state index is 12.2. The van der Waals surface area contributed by atoms with E-state index in [1.165, 1.54) is 22.3 Å². The van der Waals surface area contributed by atoms with Crippen molar-refractivity contribution in [2.24, 2.45) is 5.92 Å². The molecule has 0 saturated carbocycles. The van der Waals surface area contributed by atoms with Gasteiger partial charge in [0, 0.05) is 24.9 Å². The van der Waals surface area contributed by atoms with Crippen LogP contribution in [0.2, 0.25) is 0 Å². The van der Waals surface area contributed by atoms with E-state index in [0.29, 0.717) is 19.6 Å². The fourth-order valence-corrected chi connectivity index (χ4v) is 4.52. The number of nitrogens with one attached hydrogen (secondary N) is 2. The minimum atomic E-state index is -0.909. The van der Waals surface area contributed by atoms with Gasteiger partial charge in [0.2, 0.25) is 5.91 Å². The number of carboxylic acid groups (broad SMARTS) is 1. The Morgan fingerprint density at radius 3 is 2.11 bits per heavy atom. The lowest BCUT2D eigenvalue weighted by atomic mass is 9.98. The molecule has 7 nitrogen and oxygen atoms in total. The molecule has 1 atom stereocenters. The van der Waals surface area contributed by atoms with Crippen LogP contribution in [0.5, 0.6) is 0 Å². The van der Waals surface area contributed by atoms with Crippen molar-refractivity contribution in [1.29, 1.82) is 0 Å². The highest BCUT2D eigenvalue weighted by Crippen LogP contribution is 2.44. The Balaban J connectivity index is 1.29. The van der Waals surface area contributed by atoms with Crippen LogP contribution >= 0.6 is 0 Å². The zero-order chi connectivity index (χ0) is 25.2. The lowest BCUT2D eigenvalue weighted by Gasteiger charge is -2.20. The molecule has 0 aromatic heterocycles. The summed E-state index contributed by atoms with van der Waals surface area (Å²) in [5, 5.41) is 14.6. The molecule has 0 spiro atoms. The second-order valence-corrected chi connectivity index (χ2v) is 9.43. The van der Waals surface area contributed by atoms with Gasteiger partial charge in [-0.05, 0) is 41.0 Å². The topological polar surface area (TPSA) is 105 Å². The summed E-state index contributed by atoms with van der Waals surface area (Å²) in [7, 11) is 0. The minimum Gasteiger partial charge on any atom is -0.481 e. The van der Waals surface area contributed by atoms with E-state index in [4.69, 9.17) is 9.84 Å². The minimum absolute atomic E-state index is 0.0464. The number of hydrogen-bond donors (Lipinski definition) is 3. The lowest BCUT2D eigenvalue weighted by molar-refractivity contribution is -0.138. The number of amides is 2. The fourth-order valence-electron chi connectivity index (χ4n) is 4.52. The van der Waals surface area contributed by atoms with E-state index in [1.807, 2.05) is 38.1 Å². The molecule has 0 bridgehead atoms. The highest BCUT2D eigenvalue weighted by Gasteiger charge is 2.28. The molecule has 0 fully saturated rings. The molecule has 2 amide bonds. The fraction of sp³-hybridized carbons (Fsp3) is 0.464. The maximum Gasteiger partial charge on any atom is 0.407 e. The predicted octanol–water partition coefficient (Wildman–Crippen LogP) is 5.09. The van der Waals surface area contributed by atoms with Gasteiger partial charge in [-0.1, -0.05) is 75.2 Å². The highest BCUT2D eigenvalue weighted by atomic mass is 16.5. The molecule has 1 aliphatic carbocycles. The summed E-state index contributed by atoms with van der Waals surface area (Å²) in [5.41, 5.74) is 4.78. The van der Waals surface area contributed by atoms with Crippen molar-refractivity contribution in [3.8, 4) is 11.1 Å². The average Bonchev–Trinajstić information content (AvgIpc) is 3.15. The molecule has 2 aromatic carbocycles. The first kappa shape index (κ1) is 26.3. The van der Waals surface area contributed by atoms with Gasteiger partial charge < -0.3 is 20.5 Å². The molecule has 188 valence electrons. The van der Waals surface area contributed by atoms with Crippen LogP contribution in [0.15, 0.2) is 48.5 Å². The number of rotatable bonds is 13. The molecule has 3 rings (SSSR count). The van der Waals surface area contributed by atoms with Crippen molar-refractivity contribution in [3.05, 3.63) is 59.7 Å². The smallest absolute Gasteiger partial charge is 0.407 e. The average molecular weight is 481 g/mol. The number of ether oxygens (including phenoxy) is 1. The van der Waals surface area contributed by atoms with Crippen LogP contribution in [-0.2, 0) is 14.3 Å². The van der Waals surface area contributed by atoms with Crippen molar-refractivity contribution in [1.82, 2.24) is 10.6 Å². The molecule has 0 saturated heterocycles. The van der Waals surface area contributed by atoms with Crippen molar-refractivity contribution >= 4 is 18.0 Å². The Morgan fingerprint density at radius 1 is 0.914 bits per heavy atom. The van der Waals surface area contributed by atoms with Crippen LogP contribution in [0, 0.1) is 5.92 Å². The van der Waals surface area contributed by atoms with Crippen LogP contribution in [0.1, 0.15) is 69.4 Å². The third kappa shape index (κ3) is 7.57. The van der Waals surface area contributed by atoms with E-state index in [2.05, 4.69) is 34.9 Å². The van der Waals surface area contributed by atoms with Gasteiger partial charge in [-0.3, -0.25) is 9.59 Å². The quantitative estimate of drug-likeness (QED) is 0.346. The monoisotopic (exact) mass is 480 g/mol. The Labute approximate surface area is 207 Å². The van der Waals surface area contributed by atoms with Crippen LogP contribution in [-0.4, -0.2) is 42.3 Å². The Kier molecular flexibility index (Phi) is 9.70. The van der Waals surface area contributed by atoms with Crippen molar-refractivity contribution in [3.63, 3.8) is 0 Å². The van der Waals surface area contributed by atoms with Gasteiger partial charge in [-0.25, -0.2) is 4.79 Å². The van der Waals surface area contributed by atoms with Gasteiger partial charge in [0.05, 0.1) is 6.42 Å². The van der Waals surface area contributed by atoms with Gasteiger partial charge in [0.25, 0.3) is 0 Å². The summed E-state index contributed by atoms with van der Waals surface area (Å²) in [6.45, 7) is 4.63. The van der Waals surface area contributed by atoms with Crippen molar-refractivity contribution in [2.75, 3.05) is 13.2 Å². The Bertz CT molecular complexity index is 974. The Hall–Kier alpha value is -3.35. The third-order valence-corrected chi connectivity index (χ3v) is 6.49. The molecule has 7 heteroatoms. The van der Waals surface area contributed by atoms with Crippen LogP contribution in [0.3, 0.4) is 0 Å². The number of carbonyl (C=O) groups excluding carboxylic acids is 2. The molecule has 2 aromatic rings. The van der Waals surface area contributed by atoms with Crippen molar-refractivity contribution in [2.45, 2.75) is 64.3 Å². The number of alkyl carbamates (subject to hydrolysis) is 1. The van der Waals surface area contributed by atoms with Gasteiger partial charge >= 0.3 is 12.1 Å². The van der Waals surface area contributed by atoms with E-state index < -0.39 is 12.1 Å². The summed E-state index contributed by atoms with van der Waals surface area (Å²) in [4.78, 5) is 35.2. The number of benzene rings is 2. The normalized spacial score (nSPS) is 13.1. The molecular weight excluding hydrogens is 444 g/mol. The van der Waals surface area contributed by atoms with Gasteiger partial charge in [-0.2, -0.15) is 0 Å². The van der Waals surface area contributed by atoms with Gasteiger partial charge in [0.15, 0.2) is 0 Å². The summed E-state index contributed by atoms with van der Waals surface area (Å²) in [6, 6.07) is 16.1. The number of hydrogen-bond acceptors (Lipinski definition) is 4. The molecule has 0 heterocycles. The lowest BCUT2D eigenvalue weighted by Crippen LogP contribution is -2.39. The number of carboxylic acids is 1. The van der Waals surface area contributed by atoms with E-state index in [0.717, 1.165) is 25.7 Å². The molecule has 1 unspecified atom stereocenters. The van der Waals surface area contributed by atoms with Gasteiger partial charge in [0.1, 0.15) is 6.61 Å². The third-order valence-electron chi connectivity index (χ3n) is 6.49. The van der Waals surface area contributed by atoms with Crippen LogP contribution in [0.25, 0.3) is 11.1 Å². The molecule has 3 N–H and O–H groups in total. The number of fused-ring (bicyclic) bond motifs is 3. The molecular formula is C28H36N2O5. The first-order chi connectivity index (χ1) is 16.9.